The number of pyridine rings is 1. The van der Waals surface area contributed by atoms with Gasteiger partial charge in [0.05, 0.1) is 17.9 Å². The van der Waals surface area contributed by atoms with Gasteiger partial charge in [0, 0.05) is 48.9 Å². The summed E-state index contributed by atoms with van der Waals surface area (Å²) in [7, 11) is 1.73. The van der Waals surface area contributed by atoms with Crippen LogP contribution in [0.15, 0.2) is 12.4 Å². The van der Waals surface area contributed by atoms with Crippen LogP contribution in [0.5, 0.6) is 0 Å². The zero-order chi connectivity index (χ0) is 19.3. The van der Waals surface area contributed by atoms with E-state index in [1.165, 1.54) is 0 Å². The van der Waals surface area contributed by atoms with Crippen LogP contribution in [0.2, 0.25) is 0 Å². The first-order chi connectivity index (χ1) is 12.8. The second-order valence-electron chi connectivity index (χ2n) is 7.13. The predicted molar refractivity (Wildman–Crippen MR) is 92.4 cm³/mol. The number of anilines is 1. The van der Waals surface area contributed by atoms with Crippen LogP contribution >= 0.6 is 0 Å². The molecule has 0 saturated heterocycles. The second-order valence-corrected chi connectivity index (χ2v) is 7.13. The molecule has 10 heteroatoms. The van der Waals surface area contributed by atoms with E-state index in [-0.39, 0.29) is 24.3 Å². The Morgan fingerprint density at radius 3 is 2.93 bits per heavy atom. The molecule has 1 aliphatic heterocycles. The maximum Gasteiger partial charge on any atom is 0.264 e. The van der Waals surface area contributed by atoms with Crippen molar-refractivity contribution >= 4 is 5.82 Å². The Hall–Kier alpha value is -2.17. The van der Waals surface area contributed by atoms with E-state index >= 15 is 0 Å². The Morgan fingerprint density at radius 2 is 2.22 bits per heavy atom. The summed E-state index contributed by atoms with van der Waals surface area (Å²) < 4.78 is 44.4. The topological polar surface area (TPSA) is 101 Å². The maximum absolute atomic E-state index is 15.0. The second kappa shape index (κ2) is 6.47. The molecule has 2 aromatic rings. The van der Waals surface area contributed by atoms with Crippen LogP contribution in [0.3, 0.4) is 0 Å². The van der Waals surface area contributed by atoms with Crippen LogP contribution in [0.4, 0.5) is 19.0 Å². The van der Waals surface area contributed by atoms with E-state index in [0.717, 1.165) is 0 Å². The molecule has 4 rings (SSSR count). The molecular formula is C17H21F3N6O. The lowest BCUT2D eigenvalue weighted by Crippen LogP contribution is -2.55. The Kier molecular flexibility index (Phi) is 4.36. The summed E-state index contributed by atoms with van der Waals surface area (Å²) in [6, 6.07) is -2.22. The van der Waals surface area contributed by atoms with Crippen LogP contribution in [0, 0.1) is 5.82 Å². The molecule has 0 spiro atoms. The molecule has 1 aliphatic carbocycles. The van der Waals surface area contributed by atoms with Gasteiger partial charge in [0.15, 0.2) is 11.6 Å². The summed E-state index contributed by atoms with van der Waals surface area (Å²) >= 11 is 0. The highest BCUT2D eigenvalue weighted by molar-refractivity contribution is 5.68. The summed E-state index contributed by atoms with van der Waals surface area (Å²) in [5.74, 6) is -3.81. The number of hydrogen-bond acceptors (Lipinski definition) is 6. The number of aliphatic hydroxyl groups is 1. The molecule has 2 unspecified atom stereocenters. The number of hydrogen-bond donors (Lipinski definition) is 4. The molecule has 0 radical (unpaired) electrons. The monoisotopic (exact) mass is 382 g/mol. The molecule has 2 aliphatic rings. The summed E-state index contributed by atoms with van der Waals surface area (Å²) in [4.78, 5) is 4.31. The van der Waals surface area contributed by atoms with Gasteiger partial charge in [-0.2, -0.15) is 5.10 Å². The minimum atomic E-state index is -3.01. The fourth-order valence-corrected chi connectivity index (χ4v) is 3.79. The molecule has 5 N–H and O–H groups in total. The lowest BCUT2D eigenvalue weighted by atomic mass is 9.87. The third-order valence-electron chi connectivity index (χ3n) is 5.27. The first-order valence-corrected chi connectivity index (χ1v) is 8.80. The van der Waals surface area contributed by atoms with Gasteiger partial charge in [-0.05, 0) is 12.8 Å². The van der Waals surface area contributed by atoms with Gasteiger partial charge in [0.25, 0.3) is 5.92 Å². The molecule has 0 aromatic carbocycles. The zero-order valence-corrected chi connectivity index (χ0v) is 14.7. The van der Waals surface area contributed by atoms with Crippen LogP contribution in [0.25, 0.3) is 11.3 Å². The van der Waals surface area contributed by atoms with Crippen LogP contribution in [-0.2, 0) is 13.6 Å². The van der Waals surface area contributed by atoms with Crippen molar-refractivity contribution in [3.8, 4) is 11.3 Å². The van der Waals surface area contributed by atoms with Gasteiger partial charge in [0.2, 0.25) is 0 Å². The SMILES string of the molecule is Cn1cc(-c2nc(NC3CCCC(F)(F)[C@@H]3N)c(F)c3c2C(O)NC3)cn1. The van der Waals surface area contributed by atoms with E-state index < -0.39 is 30.1 Å². The summed E-state index contributed by atoms with van der Waals surface area (Å²) in [6.45, 7) is 0.111. The predicted octanol–water partition coefficient (Wildman–Crippen LogP) is 1.64. The van der Waals surface area contributed by atoms with Crippen molar-refractivity contribution in [3.05, 3.63) is 29.3 Å². The summed E-state index contributed by atoms with van der Waals surface area (Å²) in [5.41, 5.74) is 7.26. The first kappa shape index (κ1) is 18.2. The van der Waals surface area contributed by atoms with Crippen molar-refractivity contribution in [3.63, 3.8) is 0 Å². The van der Waals surface area contributed by atoms with Crippen molar-refractivity contribution in [1.82, 2.24) is 20.1 Å². The molecule has 1 fully saturated rings. The lowest BCUT2D eigenvalue weighted by molar-refractivity contribution is -0.0555. The minimum Gasteiger partial charge on any atom is -0.374 e. The van der Waals surface area contributed by atoms with Gasteiger partial charge in [-0.3, -0.25) is 10.00 Å². The number of halogens is 3. The molecule has 1 saturated carbocycles. The molecule has 7 nitrogen and oxygen atoms in total. The number of nitrogens with one attached hydrogen (secondary N) is 2. The molecule has 27 heavy (non-hydrogen) atoms. The smallest absolute Gasteiger partial charge is 0.264 e. The number of aromatic nitrogens is 3. The van der Waals surface area contributed by atoms with Crippen molar-refractivity contribution in [1.29, 1.82) is 0 Å². The number of fused-ring (bicyclic) bond motifs is 1. The third-order valence-corrected chi connectivity index (χ3v) is 5.27. The average Bonchev–Trinajstić information content (AvgIpc) is 3.21. The molecule has 3 heterocycles. The van der Waals surface area contributed by atoms with Crippen LogP contribution in [0.1, 0.15) is 36.6 Å². The highest BCUT2D eigenvalue weighted by atomic mass is 19.3. The normalized spacial score (nSPS) is 26.8. The van der Waals surface area contributed by atoms with Crippen molar-refractivity contribution in [2.75, 3.05) is 5.32 Å². The molecule has 3 atom stereocenters. The molecule has 0 amide bonds. The van der Waals surface area contributed by atoms with E-state index in [0.29, 0.717) is 29.7 Å². The number of alkyl halides is 2. The molecule has 0 bridgehead atoms. The maximum atomic E-state index is 15.0. The Balaban J connectivity index is 1.76. The minimum absolute atomic E-state index is 0.111. The van der Waals surface area contributed by atoms with Gasteiger partial charge in [-0.25, -0.2) is 18.2 Å². The first-order valence-electron chi connectivity index (χ1n) is 8.80. The van der Waals surface area contributed by atoms with E-state index in [9.17, 15) is 18.3 Å². The van der Waals surface area contributed by atoms with Gasteiger partial charge in [-0.15, -0.1) is 0 Å². The zero-order valence-electron chi connectivity index (χ0n) is 14.7. The summed E-state index contributed by atoms with van der Waals surface area (Å²) in [6.07, 6.45) is 2.60. The molecule has 146 valence electrons. The number of rotatable bonds is 3. The van der Waals surface area contributed by atoms with Crippen molar-refractivity contribution < 1.29 is 18.3 Å². The van der Waals surface area contributed by atoms with Gasteiger partial charge < -0.3 is 16.2 Å². The fraction of sp³-hybridized carbons (Fsp3) is 0.529. The largest absolute Gasteiger partial charge is 0.374 e. The highest BCUT2D eigenvalue weighted by Crippen LogP contribution is 2.38. The lowest BCUT2D eigenvalue weighted by Gasteiger charge is -2.36. The van der Waals surface area contributed by atoms with Gasteiger partial charge >= 0.3 is 0 Å². The van der Waals surface area contributed by atoms with E-state index in [1.54, 1.807) is 24.1 Å². The van der Waals surface area contributed by atoms with Crippen molar-refractivity contribution in [2.24, 2.45) is 12.8 Å². The third kappa shape index (κ3) is 3.07. The van der Waals surface area contributed by atoms with Gasteiger partial charge in [0.1, 0.15) is 6.23 Å². The molecule has 2 aromatic heterocycles. The summed E-state index contributed by atoms with van der Waals surface area (Å²) in [5, 5.41) is 19.8. The average molecular weight is 382 g/mol. The number of aryl methyl sites for hydroxylation is 1. The standard InChI is InChI=1S/C17H21F3N6O/c1-26-7-8(5-23-26)13-11-9(6-22-16(11)27)12(18)15(25-13)24-10-3-2-4-17(19,20)14(10)21/h5,7,10,14,16,22,27H,2-4,6,21H2,1H3,(H,24,25)/t10?,14-,16?/m1/s1. The van der Waals surface area contributed by atoms with Gasteiger partial charge in [-0.1, -0.05) is 0 Å². The Morgan fingerprint density at radius 1 is 1.44 bits per heavy atom. The van der Waals surface area contributed by atoms with E-state index in [1.807, 2.05) is 0 Å². The van der Waals surface area contributed by atoms with E-state index in [2.05, 4.69) is 20.7 Å². The Bertz CT molecular complexity index is 871. The Labute approximate surface area is 153 Å². The molecular weight excluding hydrogens is 361 g/mol. The number of nitrogens with two attached hydrogens (primary N) is 1. The van der Waals surface area contributed by atoms with Crippen LogP contribution < -0.4 is 16.4 Å². The van der Waals surface area contributed by atoms with Crippen LogP contribution in [-0.4, -0.2) is 37.9 Å². The highest BCUT2D eigenvalue weighted by Gasteiger charge is 2.45. The van der Waals surface area contributed by atoms with Crippen molar-refractivity contribution in [2.45, 2.75) is 50.0 Å². The quantitative estimate of drug-likeness (QED) is 0.644. The number of aliphatic hydroxyl groups excluding tert-OH is 1. The fourth-order valence-electron chi connectivity index (χ4n) is 3.79. The van der Waals surface area contributed by atoms with E-state index in [4.69, 9.17) is 5.73 Å². The number of nitrogens with zero attached hydrogens (tertiary/aromatic N) is 3.